The Labute approximate surface area is 155 Å². The van der Waals surface area contributed by atoms with E-state index in [1.54, 1.807) is 12.4 Å². The van der Waals surface area contributed by atoms with Crippen LogP contribution in [0.25, 0.3) is 10.9 Å². The first-order valence-electron chi connectivity index (χ1n) is 8.59. The Kier molecular flexibility index (Phi) is 4.77. The molecule has 1 aliphatic heterocycles. The monoisotopic (exact) mass is 370 g/mol. The van der Waals surface area contributed by atoms with Crippen LogP contribution < -0.4 is 10.6 Å². The van der Waals surface area contributed by atoms with Crippen molar-refractivity contribution in [3.8, 4) is 0 Å². The number of anilines is 2. The average Bonchev–Trinajstić information content (AvgIpc) is 3.32. The van der Waals surface area contributed by atoms with Crippen LogP contribution in [0, 0.1) is 0 Å². The summed E-state index contributed by atoms with van der Waals surface area (Å²) in [6, 6.07) is 9.28. The van der Waals surface area contributed by atoms with Crippen molar-refractivity contribution in [2.24, 2.45) is 0 Å². The van der Waals surface area contributed by atoms with E-state index in [4.69, 9.17) is 16.3 Å². The minimum atomic E-state index is -0.146. The lowest BCUT2D eigenvalue weighted by atomic mass is 10.1. The number of H-pyrrole nitrogens is 1. The number of pyridine rings is 1. The van der Waals surface area contributed by atoms with Crippen molar-refractivity contribution in [1.29, 1.82) is 0 Å². The quantitative estimate of drug-likeness (QED) is 0.637. The highest BCUT2D eigenvalue weighted by Crippen LogP contribution is 2.27. The topological polar surface area (TPSA) is 79.0 Å². The van der Waals surface area contributed by atoms with E-state index in [2.05, 4.69) is 20.6 Å². The summed E-state index contributed by atoms with van der Waals surface area (Å²) in [6.07, 6.45) is 5.53. The van der Waals surface area contributed by atoms with E-state index in [9.17, 15) is 4.79 Å². The molecule has 26 heavy (non-hydrogen) atoms. The normalized spacial score (nSPS) is 16.7. The molecule has 3 aromatic rings. The molecule has 1 amide bonds. The zero-order chi connectivity index (χ0) is 17.9. The van der Waals surface area contributed by atoms with E-state index in [-0.39, 0.29) is 12.0 Å². The Hall–Kier alpha value is -2.57. The minimum absolute atomic E-state index is 0.109. The number of nitrogens with zero attached hydrogens (tertiary/aromatic N) is 1. The molecule has 1 fully saturated rings. The van der Waals surface area contributed by atoms with E-state index in [0.29, 0.717) is 22.9 Å². The molecule has 1 aromatic carbocycles. The number of hydrogen-bond acceptors (Lipinski definition) is 4. The first-order valence-corrected chi connectivity index (χ1v) is 8.97. The fraction of sp³-hybridized carbons (Fsp3) is 0.263. The van der Waals surface area contributed by atoms with Gasteiger partial charge >= 0.3 is 0 Å². The fourth-order valence-electron chi connectivity index (χ4n) is 3.14. The third kappa shape index (κ3) is 3.52. The second kappa shape index (κ2) is 7.35. The van der Waals surface area contributed by atoms with Crippen LogP contribution in [0.15, 0.2) is 42.7 Å². The van der Waals surface area contributed by atoms with Crippen LogP contribution in [0.5, 0.6) is 0 Å². The zero-order valence-corrected chi connectivity index (χ0v) is 14.8. The van der Waals surface area contributed by atoms with E-state index < -0.39 is 0 Å². The molecule has 0 saturated carbocycles. The van der Waals surface area contributed by atoms with E-state index in [1.807, 2.05) is 30.3 Å². The highest BCUT2D eigenvalue weighted by molar-refractivity contribution is 6.30. The van der Waals surface area contributed by atoms with Crippen LogP contribution >= 0.6 is 11.6 Å². The van der Waals surface area contributed by atoms with Gasteiger partial charge in [-0.25, -0.2) is 4.98 Å². The molecular weight excluding hydrogens is 352 g/mol. The second-order valence-electron chi connectivity index (χ2n) is 6.27. The summed E-state index contributed by atoms with van der Waals surface area (Å²) in [7, 11) is 0. The first-order chi connectivity index (χ1) is 12.7. The van der Waals surface area contributed by atoms with Crippen molar-refractivity contribution in [1.82, 2.24) is 15.3 Å². The summed E-state index contributed by atoms with van der Waals surface area (Å²) < 4.78 is 5.55. The molecule has 6 nitrogen and oxygen atoms in total. The van der Waals surface area contributed by atoms with E-state index >= 15 is 0 Å². The van der Waals surface area contributed by atoms with Gasteiger partial charge in [-0.3, -0.25) is 4.79 Å². The summed E-state index contributed by atoms with van der Waals surface area (Å²) in [5.74, 6) is 0.495. The number of fused-ring (bicyclic) bond motifs is 1. The molecule has 1 atom stereocenters. The first kappa shape index (κ1) is 16.9. The molecule has 1 aliphatic rings. The number of carbonyl (C=O) groups is 1. The van der Waals surface area contributed by atoms with Gasteiger partial charge in [0.25, 0.3) is 5.91 Å². The number of aromatic amines is 1. The number of hydrogen-bond donors (Lipinski definition) is 3. The van der Waals surface area contributed by atoms with Crippen molar-refractivity contribution >= 4 is 39.9 Å². The number of carbonyl (C=O) groups excluding carboxylic acids is 1. The highest BCUT2D eigenvalue weighted by atomic mass is 35.5. The van der Waals surface area contributed by atoms with Gasteiger partial charge < -0.3 is 20.4 Å². The molecule has 3 N–H and O–H groups in total. The zero-order valence-electron chi connectivity index (χ0n) is 14.1. The number of ether oxygens (including phenoxy) is 1. The van der Waals surface area contributed by atoms with Gasteiger partial charge in [0.2, 0.25) is 0 Å². The predicted octanol–water partition coefficient (Wildman–Crippen LogP) is 3.87. The summed E-state index contributed by atoms with van der Waals surface area (Å²) in [4.78, 5) is 20.1. The lowest BCUT2D eigenvalue weighted by molar-refractivity contribution is 0.0859. The van der Waals surface area contributed by atoms with Crippen molar-refractivity contribution in [3.05, 3.63) is 53.3 Å². The van der Waals surface area contributed by atoms with Crippen LogP contribution in [-0.2, 0) is 4.74 Å². The van der Waals surface area contributed by atoms with Gasteiger partial charge in [-0.15, -0.1) is 0 Å². The third-order valence-electron chi connectivity index (χ3n) is 4.44. The maximum Gasteiger partial charge on any atom is 0.253 e. The molecule has 0 spiro atoms. The van der Waals surface area contributed by atoms with Gasteiger partial charge in [0.1, 0.15) is 0 Å². The molecule has 0 radical (unpaired) electrons. The largest absolute Gasteiger partial charge is 0.376 e. The summed E-state index contributed by atoms with van der Waals surface area (Å²) >= 11 is 6.03. The smallest absolute Gasteiger partial charge is 0.253 e. The minimum Gasteiger partial charge on any atom is -0.376 e. The summed E-state index contributed by atoms with van der Waals surface area (Å²) in [6.45, 7) is 1.29. The number of benzene rings is 1. The van der Waals surface area contributed by atoms with E-state index in [0.717, 1.165) is 36.0 Å². The number of amides is 1. The third-order valence-corrected chi connectivity index (χ3v) is 4.68. The average molecular weight is 371 g/mol. The predicted molar refractivity (Wildman–Crippen MR) is 102 cm³/mol. The molecular formula is C19H19ClN4O2. The van der Waals surface area contributed by atoms with Crippen molar-refractivity contribution in [3.63, 3.8) is 0 Å². The molecule has 0 aliphatic carbocycles. The second-order valence-corrected chi connectivity index (χ2v) is 6.70. The van der Waals surface area contributed by atoms with Crippen LogP contribution in [0.1, 0.15) is 23.2 Å². The molecule has 134 valence electrons. The van der Waals surface area contributed by atoms with Crippen molar-refractivity contribution < 1.29 is 9.53 Å². The Morgan fingerprint density at radius 3 is 3.12 bits per heavy atom. The Balaban J connectivity index is 1.56. The van der Waals surface area contributed by atoms with Gasteiger partial charge in [-0.05, 0) is 37.1 Å². The molecule has 3 heterocycles. The molecule has 2 aromatic heterocycles. The van der Waals surface area contributed by atoms with Gasteiger partial charge in [-0.2, -0.15) is 0 Å². The molecule has 0 bridgehead atoms. The number of halogens is 1. The van der Waals surface area contributed by atoms with Crippen molar-refractivity contribution in [2.45, 2.75) is 18.9 Å². The summed E-state index contributed by atoms with van der Waals surface area (Å²) in [5, 5.41) is 7.64. The number of aromatic nitrogens is 2. The Morgan fingerprint density at radius 1 is 1.38 bits per heavy atom. The lowest BCUT2D eigenvalue weighted by Gasteiger charge is -2.12. The van der Waals surface area contributed by atoms with Crippen molar-refractivity contribution in [2.75, 3.05) is 18.5 Å². The van der Waals surface area contributed by atoms with Crippen LogP contribution in [0.2, 0.25) is 5.02 Å². The molecule has 4 rings (SSSR count). The highest BCUT2D eigenvalue weighted by Gasteiger charge is 2.19. The Bertz CT molecular complexity index is 934. The molecule has 1 saturated heterocycles. The van der Waals surface area contributed by atoms with Crippen LogP contribution in [0.4, 0.5) is 11.5 Å². The standard InChI is InChI=1S/C19H19ClN4O2/c20-12-3-1-4-13(9-12)24-18-17-15(6-7-21-17)16(11-22-18)19(25)23-10-14-5-2-8-26-14/h1,3-4,6-7,9,11,14,21H,2,5,8,10H2,(H,22,24)(H,23,25)/t14-/m1/s1. The molecule has 7 heteroatoms. The number of nitrogens with one attached hydrogen (secondary N) is 3. The Morgan fingerprint density at radius 2 is 2.31 bits per heavy atom. The van der Waals surface area contributed by atoms with Gasteiger partial charge in [-0.1, -0.05) is 17.7 Å². The van der Waals surface area contributed by atoms with E-state index in [1.165, 1.54) is 0 Å². The maximum atomic E-state index is 12.6. The van der Waals surface area contributed by atoms with Gasteiger partial charge in [0.15, 0.2) is 5.82 Å². The maximum absolute atomic E-state index is 12.6. The van der Waals surface area contributed by atoms with Crippen LogP contribution in [-0.4, -0.2) is 35.1 Å². The lowest BCUT2D eigenvalue weighted by Crippen LogP contribution is -2.31. The summed E-state index contributed by atoms with van der Waals surface area (Å²) in [5.41, 5.74) is 2.14. The SMILES string of the molecule is O=C(NC[C@H]1CCCO1)c1cnc(Nc2cccc(Cl)c2)c2[nH]ccc12. The molecule has 0 unspecified atom stereocenters. The number of rotatable bonds is 5. The fourth-order valence-corrected chi connectivity index (χ4v) is 3.33. The van der Waals surface area contributed by atoms with Gasteiger partial charge in [0, 0.05) is 41.6 Å². The van der Waals surface area contributed by atoms with Gasteiger partial charge in [0.05, 0.1) is 17.2 Å². The van der Waals surface area contributed by atoms with Crippen LogP contribution in [0.3, 0.4) is 0 Å².